The number of halogens is 2. The Morgan fingerprint density at radius 3 is 2.95 bits per heavy atom. The normalized spacial score (nSPS) is 34.7. The molecule has 3 aromatic rings. The van der Waals surface area contributed by atoms with Gasteiger partial charge in [-0.05, 0) is 51.3 Å². The molecule has 0 bridgehead atoms. The zero-order valence-electron chi connectivity index (χ0n) is 20.6. The number of imidazole rings is 1. The minimum Gasteiger partial charge on any atom is -0.465 e. The molecule has 9 nitrogen and oxygen atoms in total. The van der Waals surface area contributed by atoms with E-state index in [1.54, 1.807) is 0 Å². The lowest BCUT2D eigenvalue weighted by atomic mass is 9.99. The Bertz CT molecular complexity index is 1430. The van der Waals surface area contributed by atoms with Gasteiger partial charge in [-0.1, -0.05) is 28.1 Å². The Labute approximate surface area is 236 Å². The molecule has 4 fully saturated rings. The number of anilines is 1. The molecule has 7 atom stereocenters. The second-order valence-electron chi connectivity index (χ2n) is 10.9. The molecule has 7 rings (SSSR count). The first kappa shape index (κ1) is 24.2. The van der Waals surface area contributed by atoms with Gasteiger partial charge in [0, 0.05) is 44.9 Å². The van der Waals surface area contributed by atoms with Gasteiger partial charge in [-0.25, -0.2) is 15.0 Å². The van der Waals surface area contributed by atoms with Crippen molar-refractivity contribution in [1.82, 2.24) is 19.5 Å². The molecule has 2 unspecified atom stereocenters. The summed E-state index contributed by atoms with van der Waals surface area (Å²) in [5, 5.41) is 3.62. The van der Waals surface area contributed by atoms with Crippen molar-refractivity contribution in [3.05, 3.63) is 44.5 Å². The maximum atomic E-state index is 13.1. The van der Waals surface area contributed by atoms with E-state index >= 15 is 0 Å². The van der Waals surface area contributed by atoms with Crippen LogP contribution in [0.2, 0.25) is 0 Å². The van der Waals surface area contributed by atoms with Crippen molar-refractivity contribution in [2.75, 3.05) is 11.9 Å². The van der Waals surface area contributed by atoms with Crippen LogP contribution in [-0.2, 0) is 19.0 Å². The second kappa shape index (κ2) is 8.33. The van der Waals surface area contributed by atoms with Crippen molar-refractivity contribution in [2.45, 2.75) is 69.6 Å². The van der Waals surface area contributed by atoms with Gasteiger partial charge >= 0.3 is 5.97 Å². The van der Waals surface area contributed by atoms with Crippen LogP contribution in [0.1, 0.15) is 51.1 Å². The average Bonchev–Trinajstić information content (AvgIpc) is 3.66. The van der Waals surface area contributed by atoms with E-state index in [0.29, 0.717) is 22.8 Å². The number of carbonyl (C=O) groups excluding carboxylic acids is 1. The number of nitrogens with zero attached hydrogens (tertiary/aromatic N) is 4. The maximum Gasteiger partial charge on any atom is 0.315 e. The number of rotatable bonds is 6. The van der Waals surface area contributed by atoms with Crippen molar-refractivity contribution < 1.29 is 19.0 Å². The standard InChI is InChI=1S/C26H27BrIN5O4/c1-4-35-23(34)26-10-15(26)18(19-20(26)37-25(2,3)36-19)33-11-29-17-21(31-24(28)32-22(17)33)30-16-9-14(16)12-6-5-7-13(27)8-12/h5-8,11,14-16,18-20H,4,9-10H2,1-3H3,(H,30,31,32)/t14?,15-,16?,18-,19-,20-,26+/m1/s1. The number of benzene rings is 1. The van der Waals surface area contributed by atoms with E-state index < -0.39 is 11.2 Å². The zero-order valence-corrected chi connectivity index (χ0v) is 24.4. The first-order chi connectivity index (χ1) is 17.7. The summed E-state index contributed by atoms with van der Waals surface area (Å²) in [5.41, 5.74) is 2.09. The van der Waals surface area contributed by atoms with Gasteiger partial charge in [-0.15, -0.1) is 0 Å². The molecule has 3 heterocycles. The number of hydrogen-bond donors (Lipinski definition) is 1. The van der Waals surface area contributed by atoms with Crippen molar-refractivity contribution in [3.63, 3.8) is 0 Å². The van der Waals surface area contributed by atoms with Crippen LogP contribution in [0.5, 0.6) is 0 Å². The van der Waals surface area contributed by atoms with Crippen molar-refractivity contribution in [2.24, 2.45) is 11.3 Å². The number of ether oxygens (including phenoxy) is 3. The van der Waals surface area contributed by atoms with Gasteiger partial charge in [0.1, 0.15) is 17.6 Å². The highest BCUT2D eigenvalue weighted by atomic mass is 127. The van der Waals surface area contributed by atoms with Crippen LogP contribution < -0.4 is 5.32 Å². The summed E-state index contributed by atoms with van der Waals surface area (Å²) < 4.78 is 22.0. The number of fused-ring (bicyclic) bond motifs is 4. The largest absolute Gasteiger partial charge is 0.465 e. The first-order valence-electron chi connectivity index (χ1n) is 12.7. The van der Waals surface area contributed by atoms with Gasteiger partial charge in [0.15, 0.2) is 26.6 Å². The van der Waals surface area contributed by atoms with Gasteiger partial charge in [0.05, 0.1) is 19.0 Å². The number of carbonyl (C=O) groups is 1. The Balaban J connectivity index is 1.22. The molecule has 37 heavy (non-hydrogen) atoms. The molecule has 11 heteroatoms. The number of aromatic nitrogens is 4. The van der Waals surface area contributed by atoms with E-state index in [0.717, 1.165) is 27.9 Å². The SMILES string of the molecule is CCOC(=O)[C@@]12C[C@@H]1[C@@H](n1cnc3c(NC4CC4c4cccc(Br)c4)nc(I)nc31)[C@H]1OC(C)(C)O[C@H]12. The topological polar surface area (TPSA) is 100 Å². The summed E-state index contributed by atoms with van der Waals surface area (Å²) in [7, 11) is 0. The van der Waals surface area contributed by atoms with Crippen molar-refractivity contribution in [1.29, 1.82) is 0 Å². The molecular formula is C26H27BrIN5O4. The lowest BCUT2D eigenvalue weighted by Gasteiger charge is -2.24. The molecule has 194 valence electrons. The van der Waals surface area contributed by atoms with Gasteiger partial charge in [-0.3, -0.25) is 4.79 Å². The summed E-state index contributed by atoms with van der Waals surface area (Å²) in [4.78, 5) is 27.4. The summed E-state index contributed by atoms with van der Waals surface area (Å²) in [5.74, 6) is 0.244. The smallest absolute Gasteiger partial charge is 0.315 e. The molecule has 2 aromatic heterocycles. The van der Waals surface area contributed by atoms with Gasteiger partial charge in [0.25, 0.3) is 0 Å². The predicted molar refractivity (Wildman–Crippen MR) is 147 cm³/mol. The van der Waals surface area contributed by atoms with Gasteiger partial charge in [-0.2, -0.15) is 0 Å². The fourth-order valence-electron chi connectivity index (χ4n) is 6.54. The summed E-state index contributed by atoms with van der Waals surface area (Å²) in [6, 6.07) is 8.61. The monoisotopic (exact) mass is 679 g/mol. The third kappa shape index (κ3) is 3.75. The van der Waals surface area contributed by atoms with Crippen LogP contribution >= 0.6 is 38.5 Å². The van der Waals surface area contributed by atoms with Crippen LogP contribution in [-0.4, -0.2) is 56.1 Å². The molecular weight excluding hydrogens is 653 g/mol. The fourth-order valence-corrected chi connectivity index (χ4v) is 7.42. The van der Waals surface area contributed by atoms with Crippen molar-refractivity contribution in [3.8, 4) is 0 Å². The van der Waals surface area contributed by atoms with Crippen LogP contribution in [0, 0.1) is 15.2 Å². The van der Waals surface area contributed by atoms with Crippen LogP contribution in [0.25, 0.3) is 11.2 Å². The molecule has 1 aromatic carbocycles. The van der Waals surface area contributed by atoms with E-state index in [1.165, 1.54) is 5.56 Å². The molecule has 1 saturated heterocycles. The quantitative estimate of drug-likeness (QED) is 0.225. The molecule has 1 N–H and O–H groups in total. The van der Waals surface area contributed by atoms with E-state index in [2.05, 4.69) is 66.6 Å². The van der Waals surface area contributed by atoms with E-state index in [4.69, 9.17) is 29.2 Å². The van der Waals surface area contributed by atoms with Gasteiger partial charge in [0.2, 0.25) is 0 Å². The highest BCUT2D eigenvalue weighted by Crippen LogP contribution is 2.72. The number of hydrogen-bond acceptors (Lipinski definition) is 8. The highest BCUT2D eigenvalue weighted by Gasteiger charge is 2.80. The van der Waals surface area contributed by atoms with Crippen LogP contribution in [0.3, 0.4) is 0 Å². The van der Waals surface area contributed by atoms with Gasteiger partial charge < -0.3 is 24.1 Å². The second-order valence-corrected chi connectivity index (χ2v) is 12.8. The lowest BCUT2D eigenvalue weighted by Crippen LogP contribution is -2.36. The zero-order chi connectivity index (χ0) is 25.7. The Hall–Kier alpha value is -1.83. The minimum atomic E-state index is -0.777. The Morgan fingerprint density at radius 1 is 1.32 bits per heavy atom. The lowest BCUT2D eigenvalue weighted by molar-refractivity contribution is -0.172. The minimum absolute atomic E-state index is 0.0448. The molecule has 0 radical (unpaired) electrons. The van der Waals surface area contributed by atoms with Crippen LogP contribution in [0.15, 0.2) is 35.1 Å². The number of nitrogens with one attached hydrogen (secondary N) is 1. The summed E-state index contributed by atoms with van der Waals surface area (Å²) >= 11 is 5.73. The summed E-state index contributed by atoms with van der Waals surface area (Å²) in [6.07, 6.45) is 2.92. The summed E-state index contributed by atoms with van der Waals surface area (Å²) in [6.45, 7) is 5.98. The average molecular weight is 680 g/mol. The molecule has 1 aliphatic heterocycles. The molecule has 3 saturated carbocycles. The van der Waals surface area contributed by atoms with Crippen LogP contribution in [0.4, 0.5) is 5.82 Å². The van der Waals surface area contributed by atoms with E-state index in [9.17, 15) is 4.79 Å². The van der Waals surface area contributed by atoms with Crippen molar-refractivity contribution >= 4 is 61.5 Å². The Kier molecular flexibility index (Phi) is 5.46. The predicted octanol–water partition coefficient (Wildman–Crippen LogP) is 4.81. The molecule has 0 spiro atoms. The fraction of sp³-hybridized carbons (Fsp3) is 0.538. The van der Waals surface area contributed by atoms with E-state index in [-0.39, 0.29) is 36.2 Å². The molecule has 4 aliphatic rings. The molecule has 0 amide bonds. The first-order valence-corrected chi connectivity index (χ1v) is 14.5. The highest BCUT2D eigenvalue weighted by molar-refractivity contribution is 14.1. The third-order valence-corrected chi connectivity index (χ3v) is 9.18. The number of esters is 1. The Morgan fingerprint density at radius 2 is 2.16 bits per heavy atom. The van der Waals surface area contributed by atoms with E-state index in [1.807, 2.05) is 33.2 Å². The molecule has 3 aliphatic carbocycles. The maximum absolute atomic E-state index is 13.1. The third-order valence-electron chi connectivity index (χ3n) is 8.21.